The molecule has 432 valence electrons. The van der Waals surface area contributed by atoms with Crippen LogP contribution in [0.4, 0.5) is 34.5 Å². The lowest BCUT2D eigenvalue weighted by atomic mass is 9.96. The molecule has 27 nitrogen and oxygen atoms in total. The number of aromatic nitrogens is 20. The first-order valence-corrected chi connectivity index (χ1v) is 27.5. The Bertz CT molecular complexity index is 5070. The predicted octanol–water partition coefficient (Wildman–Crippen LogP) is 11.2. The second-order valence-corrected chi connectivity index (χ2v) is 20.1. The average molecular weight is 1170 g/mol. The molecule has 15 rings (SSSR count). The molecule has 11 heterocycles. The molecule has 0 aliphatic carbocycles. The van der Waals surface area contributed by atoms with Crippen LogP contribution in [0.3, 0.4) is 0 Å². The average Bonchev–Trinajstić information content (AvgIpc) is 1.81. The molecule has 0 radical (unpaired) electrons. The first kappa shape index (κ1) is 52.3. The standard InChI is InChI=1S/C61H49N23O4/c1-6-88-55-37(50-39(26-69-76-50)52-46-56(62-28-65-59(46)80-78-52)72-40-22-32(12-13-45(40)85-4)43-14-17-70-83(43)2)20-34(31-10-8-7-9-11-31)23-42(55)74-57-47-51(77-81-60(47)66-29-63-57)38-25-68-75-49(38)36-21-35(33-16-19-87-27-33)24-41(54(36)86-5)73-58-48-53(44-15-18-71-84(44)3)79-82-61(48)67-30-64-58/h7-30H,6H2,1-5H3,(H,68,75)(H,69,76)(H2,62,65,72,78,80)(H2,63,66,74,77,81)(H2,64,67,73,79,82). The number of aryl methyl sites for hydroxylation is 2. The minimum absolute atomic E-state index is 0.292. The van der Waals surface area contributed by atoms with Crippen molar-refractivity contribution in [2.75, 3.05) is 36.8 Å². The van der Waals surface area contributed by atoms with Crippen molar-refractivity contribution in [2.24, 2.45) is 14.1 Å². The quantitative estimate of drug-likeness (QED) is 0.0396. The van der Waals surface area contributed by atoms with E-state index in [-0.39, 0.29) is 0 Å². The number of anilines is 6. The highest BCUT2D eigenvalue weighted by Gasteiger charge is 2.29. The number of ether oxygens (including phenoxy) is 3. The summed E-state index contributed by atoms with van der Waals surface area (Å²) in [5, 5.41) is 61.1. The summed E-state index contributed by atoms with van der Waals surface area (Å²) in [6, 6.07) is 29.6. The minimum Gasteiger partial charge on any atom is -0.495 e. The van der Waals surface area contributed by atoms with Crippen LogP contribution in [0.15, 0.2) is 152 Å². The van der Waals surface area contributed by atoms with E-state index in [1.165, 1.54) is 19.0 Å². The fourth-order valence-electron chi connectivity index (χ4n) is 11.1. The number of H-pyrrole nitrogens is 5. The van der Waals surface area contributed by atoms with Crippen LogP contribution in [-0.4, -0.2) is 121 Å². The van der Waals surface area contributed by atoms with E-state index in [2.05, 4.69) is 77.8 Å². The molecule has 0 unspecified atom stereocenters. The van der Waals surface area contributed by atoms with Gasteiger partial charge in [-0.15, -0.1) is 0 Å². The van der Waals surface area contributed by atoms with E-state index >= 15 is 0 Å². The molecule has 0 fully saturated rings. The van der Waals surface area contributed by atoms with Gasteiger partial charge >= 0.3 is 0 Å². The maximum absolute atomic E-state index is 6.71. The Hall–Kier alpha value is -12.6. The topological polar surface area (TPSA) is 333 Å². The van der Waals surface area contributed by atoms with Gasteiger partial charge in [0.25, 0.3) is 0 Å². The summed E-state index contributed by atoms with van der Waals surface area (Å²) in [4.78, 5) is 28.1. The highest BCUT2D eigenvalue weighted by atomic mass is 16.5. The van der Waals surface area contributed by atoms with Crippen LogP contribution >= 0.6 is 0 Å². The maximum Gasteiger partial charge on any atom is 0.161 e. The molecular weight excluding hydrogens is 1120 g/mol. The molecule has 0 amide bonds. The Morgan fingerprint density at radius 2 is 1.01 bits per heavy atom. The number of hydrogen-bond donors (Lipinski definition) is 8. The van der Waals surface area contributed by atoms with Crippen molar-refractivity contribution in [1.29, 1.82) is 0 Å². The van der Waals surface area contributed by atoms with Crippen LogP contribution < -0.4 is 30.2 Å². The van der Waals surface area contributed by atoms with Crippen molar-refractivity contribution in [1.82, 2.24) is 100 Å². The van der Waals surface area contributed by atoms with Crippen LogP contribution in [0.1, 0.15) is 6.92 Å². The van der Waals surface area contributed by atoms with Crippen molar-refractivity contribution < 1.29 is 18.6 Å². The van der Waals surface area contributed by atoms with Gasteiger partial charge in [0.05, 0.1) is 78.0 Å². The molecule has 0 saturated carbocycles. The molecule has 0 spiro atoms. The fourth-order valence-corrected chi connectivity index (χ4v) is 11.1. The van der Waals surface area contributed by atoms with E-state index < -0.39 is 0 Å². The third-order valence-electron chi connectivity index (χ3n) is 15.1. The molecule has 0 saturated heterocycles. The van der Waals surface area contributed by atoms with Crippen LogP contribution in [0.25, 0.3) is 123 Å². The molecule has 15 aromatic rings. The zero-order valence-corrected chi connectivity index (χ0v) is 47.4. The highest BCUT2D eigenvalue weighted by Crippen LogP contribution is 2.49. The number of nitrogens with zero attached hydrogens (tertiary/aromatic N) is 15. The molecule has 8 N–H and O–H groups in total. The number of hydrogen-bond acceptors (Lipinski definition) is 20. The van der Waals surface area contributed by atoms with Gasteiger partial charge in [-0.2, -0.15) is 35.7 Å². The third-order valence-corrected chi connectivity index (χ3v) is 15.1. The molecule has 0 aliphatic rings. The van der Waals surface area contributed by atoms with E-state index in [1.54, 1.807) is 56.2 Å². The van der Waals surface area contributed by atoms with E-state index in [9.17, 15) is 0 Å². The van der Waals surface area contributed by atoms with Crippen LogP contribution in [0.5, 0.6) is 17.2 Å². The second-order valence-electron chi connectivity index (χ2n) is 20.1. The van der Waals surface area contributed by atoms with Crippen molar-refractivity contribution in [3.8, 4) is 107 Å². The van der Waals surface area contributed by atoms with Gasteiger partial charge in [-0.25, -0.2) is 29.9 Å². The van der Waals surface area contributed by atoms with Crippen molar-refractivity contribution in [3.63, 3.8) is 0 Å². The molecule has 0 atom stereocenters. The van der Waals surface area contributed by atoms with Crippen LogP contribution in [0.2, 0.25) is 0 Å². The summed E-state index contributed by atoms with van der Waals surface area (Å²) in [6.45, 7) is 2.22. The van der Waals surface area contributed by atoms with Gasteiger partial charge in [0, 0.05) is 72.3 Å². The monoisotopic (exact) mass is 1170 g/mol. The number of methoxy groups -OCH3 is 2. The van der Waals surface area contributed by atoms with E-state index in [0.29, 0.717) is 142 Å². The van der Waals surface area contributed by atoms with E-state index in [0.717, 1.165) is 39.2 Å². The largest absolute Gasteiger partial charge is 0.495 e. The number of rotatable bonds is 18. The molecule has 11 aromatic heterocycles. The first-order chi connectivity index (χ1) is 43.3. The summed E-state index contributed by atoms with van der Waals surface area (Å²) in [5.41, 5.74) is 14.4. The number of benzene rings is 4. The summed E-state index contributed by atoms with van der Waals surface area (Å²) in [7, 11) is 6.97. The van der Waals surface area contributed by atoms with E-state index in [4.69, 9.17) is 54.0 Å². The Kier molecular flexibility index (Phi) is 12.8. The van der Waals surface area contributed by atoms with Gasteiger partial charge < -0.3 is 34.6 Å². The van der Waals surface area contributed by atoms with Gasteiger partial charge in [0.2, 0.25) is 0 Å². The first-order valence-electron chi connectivity index (χ1n) is 27.5. The zero-order chi connectivity index (χ0) is 59.4. The van der Waals surface area contributed by atoms with Gasteiger partial charge in [0.15, 0.2) is 28.4 Å². The smallest absolute Gasteiger partial charge is 0.161 e. The van der Waals surface area contributed by atoms with Gasteiger partial charge in [0.1, 0.15) is 70.7 Å². The van der Waals surface area contributed by atoms with E-state index in [1.807, 2.05) is 111 Å². The van der Waals surface area contributed by atoms with Crippen molar-refractivity contribution in [2.45, 2.75) is 6.92 Å². The minimum atomic E-state index is 0.292. The molecular formula is C61H49N23O4. The number of furan rings is 1. The highest BCUT2D eigenvalue weighted by molar-refractivity contribution is 6.06. The molecule has 0 bridgehead atoms. The zero-order valence-electron chi connectivity index (χ0n) is 47.4. The van der Waals surface area contributed by atoms with Gasteiger partial charge in [-0.1, -0.05) is 30.3 Å². The SMILES string of the molecule is CCOc1c(Nc2ncnc3[nH]nc(-c4c[nH]nc4-c4cc(-c5ccoc5)cc(Nc5ncnc6[nH]nc(-c7ccnn7C)c56)c4OC)c23)cc(-c2ccccc2)cc1-c1n[nH]cc1-c1n[nH]c2ncnc(Nc3cc(-c4ccnn4C)ccc3OC)c12. The number of fused-ring (bicyclic) bond motifs is 3. The summed E-state index contributed by atoms with van der Waals surface area (Å²) in [6.07, 6.45) is 14.7. The molecule has 0 aliphatic heterocycles. The fraction of sp³-hybridized carbons (Fsp3) is 0.0984. The van der Waals surface area contributed by atoms with Crippen molar-refractivity contribution >= 4 is 67.6 Å². The van der Waals surface area contributed by atoms with Gasteiger partial charge in [-0.3, -0.25) is 34.9 Å². The Balaban J connectivity index is 0.844. The lowest BCUT2D eigenvalue weighted by Crippen LogP contribution is -2.03. The molecule has 88 heavy (non-hydrogen) atoms. The Labute approximate surface area is 497 Å². The lowest BCUT2D eigenvalue weighted by molar-refractivity contribution is 0.343. The van der Waals surface area contributed by atoms with Crippen molar-refractivity contribution in [3.05, 3.63) is 147 Å². The predicted molar refractivity (Wildman–Crippen MR) is 329 cm³/mol. The number of aromatic amines is 5. The normalized spacial score (nSPS) is 11.5. The van der Waals surface area contributed by atoms with Crippen LogP contribution in [0, 0.1) is 0 Å². The summed E-state index contributed by atoms with van der Waals surface area (Å²) in [5.74, 6) is 2.89. The van der Waals surface area contributed by atoms with Crippen LogP contribution in [-0.2, 0) is 14.1 Å². The summed E-state index contributed by atoms with van der Waals surface area (Å²) < 4.78 is 28.0. The molecule has 27 heteroatoms. The summed E-state index contributed by atoms with van der Waals surface area (Å²) >= 11 is 0. The molecule has 4 aromatic carbocycles. The third kappa shape index (κ3) is 8.96. The lowest BCUT2D eigenvalue weighted by Gasteiger charge is -2.19. The Morgan fingerprint density at radius 3 is 1.56 bits per heavy atom. The maximum atomic E-state index is 6.71. The number of nitrogens with one attached hydrogen (secondary N) is 8. The Morgan fingerprint density at radius 1 is 0.477 bits per heavy atom. The second kappa shape index (κ2) is 21.6. The van der Waals surface area contributed by atoms with Gasteiger partial charge in [-0.05, 0) is 84.3 Å².